The number of carbonyl (C=O) groups is 4. The highest BCUT2D eigenvalue weighted by atomic mass is 35.5. The van der Waals surface area contributed by atoms with Crippen LogP contribution in [0.25, 0.3) is 0 Å². The van der Waals surface area contributed by atoms with E-state index in [1.165, 1.54) is 12.1 Å². The summed E-state index contributed by atoms with van der Waals surface area (Å²) in [6, 6.07) is 3.05. The van der Waals surface area contributed by atoms with Crippen molar-refractivity contribution in [3.63, 3.8) is 0 Å². The predicted octanol–water partition coefficient (Wildman–Crippen LogP) is 2.98. The van der Waals surface area contributed by atoms with Crippen molar-refractivity contribution >= 4 is 44.4 Å². The molecule has 3 rings (SSSR count). The third-order valence-corrected chi connectivity index (χ3v) is 8.59. The maximum Gasteiger partial charge on any atom is 0.522 e. The van der Waals surface area contributed by atoms with Crippen molar-refractivity contribution in [3.05, 3.63) is 29.0 Å². The summed E-state index contributed by atoms with van der Waals surface area (Å²) in [5.74, 6) is -3.30. The average molecular weight is 626 g/mol. The fourth-order valence-corrected chi connectivity index (χ4v) is 6.40. The van der Waals surface area contributed by atoms with Crippen molar-refractivity contribution in [2.75, 3.05) is 12.8 Å². The molecule has 1 saturated heterocycles. The van der Waals surface area contributed by atoms with Gasteiger partial charge >= 0.3 is 12.5 Å². The molecule has 17 heteroatoms. The number of alkyl halides is 3. The first-order valence-electron chi connectivity index (χ1n) is 12.6. The number of hydrazine groups is 1. The van der Waals surface area contributed by atoms with E-state index in [-0.39, 0.29) is 36.2 Å². The fourth-order valence-electron chi connectivity index (χ4n) is 4.07. The van der Waals surface area contributed by atoms with E-state index in [0.29, 0.717) is 6.04 Å². The normalized spacial score (nSPS) is 21.4. The Morgan fingerprint density at radius 3 is 2.37 bits per heavy atom. The first-order valence-corrected chi connectivity index (χ1v) is 14.9. The molecular weight excluding hydrogens is 596 g/mol. The molecule has 1 aliphatic heterocycles. The molecule has 1 heterocycles. The van der Waals surface area contributed by atoms with Crippen LogP contribution in [-0.2, 0) is 23.9 Å². The number of nitrogens with one attached hydrogen (secondary N) is 3. The van der Waals surface area contributed by atoms with Gasteiger partial charge in [0.2, 0.25) is 11.8 Å². The molecule has 1 radical (unpaired) electrons. The van der Waals surface area contributed by atoms with Gasteiger partial charge in [-0.15, -0.1) is 13.2 Å². The topological polar surface area (TPSA) is 135 Å². The van der Waals surface area contributed by atoms with E-state index in [2.05, 4.69) is 20.6 Å². The van der Waals surface area contributed by atoms with Crippen LogP contribution in [0.3, 0.4) is 0 Å². The standard InChI is InChI=1S/C24H30ClF4N4O7Si/c1-23(2,3)40-22(37)33-12-41(32-19(34)11-38-14-4-5-16(25)17(26)10-14)7-6-18(33)21(36)31-30-20(35)13-8-15(9-13)39-24(27,28)29/h4-5,10,13,15,18H,6-9,11-12H2,1-3H3,(H,30,35)(H,31,36)(H,32,34)/t13?,15?,18-/m1/s1. The Bertz CT molecular complexity index is 1150. The minimum Gasteiger partial charge on any atom is -0.484 e. The Kier molecular flexibility index (Phi) is 10.5. The SMILES string of the molecule is CC(C)(C)OC(=O)N1C[Si](NC(=O)COc2ccc(Cl)c(F)c2)CC[C@@H]1C(=O)NNC(=O)C1CC(OC(F)(F)F)C1. The van der Waals surface area contributed by atoms with Gasteiger partial charge in [0.25, 0.3) is 5.91 Å². The maximum atomic E-state index is 13.6. The van der Waals surface area contributed by atoms with Gasteiger partial charge in [0, 0.05) is 18.2 Å². The molecule has 3 N–H and O–H groups in total. The van der Waals surface area contributed by atoms with Crippen molar-refractivity contribution in [2.45, 2.75) is 70.2 Å². The van der Waals surface area contributed by atoms with E-state index in [1.807, 2.05) is 0 Å². The number of rotatable bonds is 7. The van der Waals surface area contributed by atoms with Crippen LogP contribution in [0.4, 0.5) is 22.4 Å². The summed E-state index contributed by atoms with van der Waals surface area (Å²) in [5, 5.41) is -0.0953. The summed E-state index contributed by atoms with van der Waals surface area (Å²) >= 11 is 5.63. The molecular formula is C24H30ClF4N4O7Si. The zero-order chi connectivity index (χ0) is 30.5. The van der Waals surface area contributed by atoms with Gasteiger partial charge in [0.15, 0.2) is 15.6 Å². The number of amides is 4. The Balaban J connectivity index is 1.54. The van der Waals surface area contributed by atoms with E-state index in [9.17, 15) is 36.7 Å². The van der Waals surface area contributed by atoms with E-state index < -0.39 is 75.2 Å². The molecule has 227 valence electrons. The number of carbonyl (C=O) groups excluding carboxylic acids is 4. The molecule has 1 saturated carbocycles. The van der Waals surface area contributed by atoms with E-state index in [0.717, 1.165) is 11.0 Å². The zero-order valence-corrected chi connectivity index (χ0v) is 24.2. The Labute approximate surface area is 239 Å². The molecule has 0 spiro atoms. The third kappa shape index (κ3) is 10.0. The van der Waals surface area contributed by atoms with Gasteiger partial charge in [-0.05, 0) is 58.2 Å². The smallest absolute Gasteiger partial charge is 0.484 e. The number of ether oxygens (including phenoxy) is 3. The van der Waals surface area contributed by atoms with Crippen LogP contribution in [0.5, 0.6) is 5.75 Å². The van der Waals surface area contributed by atoms with Crippen LogP contribution in [0.2, 0.25) is 11.1 Å². The van der Waals surface area contributed by atoms with Gasteiger partial charge in [-0.25, -0.2) is 9.18 Å². The Morgan fingerprint density at radius 2 is 1.76 bits per heavy atom. The lowest BCUT2D eigenvalue weighted by molar-refractivity contribution is -0.353. The molecule has 4 amide bonds. The number of benzene rings is 1. The van der Waals surface area contributed by atoms with E-state index in [1.54, 1.807) is 20.8 Å². The molecule has 0 unspecified atom stereocenters. The summed E-state index contributed by atoms with van der Waals surface area (Å²) in [7, 11) is -1.76. The van der Waals surface area contributed by atoms with Crippen LogP contribution in [0, 0.1) is 11.7 Å². The number of hydrogen-bond acceptors (Lipinski definition) is 7. The lowest BCUT2D eigenvalue weighted by Gasteiger charge is -2.38. The molecule has 1 aromatic rings. The largest absolute Gasteiger partial charge is 0.522 e. The van der Waals surface area contributed by atoms with Crippen LogP contribution in [0.15, 0.2) is 18.2 Å². The van der Waals surface area contributed by atoms with Crippen LogP contribution < -0.4 is 20.6 Å². The van der Waals surface area contributed by atoms with Gasteiger partial charge < -0.3 is 14.5 Å². The lowest BCUT2D eigenvalue weighted by Crippen LogP contribution is -2.62. The van der Waals surface area contributed by atoms with Gasteiger partial charge in [0.1, 0.15) is 23.2 Å². The molecule has 1 atom stereocenters. The molecule has 1 aromatic carbocycles. The maximum absolute atomic E-state index is 13.6. The van der Waals surface area contributed by atoms with Crippen molar-refractivity contribution in [2.24, 2.45) is 5.92 Å². The monoisotopic (exact) mass is 625 g/mol. The molecule has 2 fully saturated rings. The van der Waals surface area contributed by atoms with Gasteiger partial charge in [-0.2, -0.15) is 0 Å². The Morgan fingerprint density at radius 1 is 1.10 bits per heavy atom. The minimum atomic E-state index is -4.80. The quantitative estimate of drug-likeness (QED) is 0.241. The van der Waals surface area contributed by atoms with Crippen molar-refractivity contribution < 1.29 is 51.0 Å². The molecule has 0 aromatic heterocycles. The van der Waals surface area contributed by atoms with Gasteiger partial charge in [-0.3, -0.25) is 34.9 Å². The van der Waals surface area contributed by atoms with Crippen molar-refractivity contribution in [3.8, 4) is 5.75 Å². The second kappa shape index (κ2) is 13.2. The first-order chi connectivity index (χ1) is 19.0. The first kappa shape index (κ1) is 32.4. The number of nitrogens with zero attached hydrogens (tertiary/aromatic N) is 1. The summed E-state index contributed by atoms with van der Waals surface area (Å²) in [5.41, 5.74) is 3.53. The number of hydrogen-bond donors (Lipinski definition) is 3. The van der Waals surface area contributed by atoms with Gasteiger partial charge in [0.05, 0.1) is 11.1 Å². The van der Waals surface area contributed by atoms with Crippen molar-refractivity contribution in [1.82, 2.24) is 20.7 Å². The summed E-state index contributed by atoms with van der Waals surface area (Å²) < 4.78 is 65.0. The highest BCUT2D eigenvalue weighted by Crippen LogP contribution is 2.34. The van der Waals surface area contributed by atoms with E-state index in [4.69, 9.17) is 21.1 Å². The zero-order valence-electron chi connectivity index (χ0n) is 22.4. The second-order valence-corrected chi connectivity index (χ2v) is 13.2. The third-order valence-electron chi connectivity index (χ3n) is 6.04. The molecule has 2 aliphatic rings. The van der Waals surface area contributed by atoms with Crippen molar-refractivity contribution in [1.29, 1.82) is 0 Å². The molecule has 1 aliphatic carbocycles. The van der Waals surface area contributed by atoms with Crippen LogP contribution >= 0.6 is 11.6 Å². The van der Waals surface area contributed by atoms with Crippen LogP contribution in [0.1, 0.15) is 40.0 Å². The summed E-state index contributed by atoms with van der Waals surface area (Å²) in [4.78, 5) is 54.5. The Hall–Kier alpha value is -3.11. The van der Waals surface area contributed by atoms with E-state index >= 15 is 0 Å². The lowest BCUT2D eigenvalue weighted by atomic mass is 9.82. The molecule has 0 bridgehead atoms. The highest BCUT2D eigenvalue weighted by molar-refractivity contribution is 6.59. The number of halogens is 5. The average Bonchev–Trinajstić information content (AvgIpc) is 2.83. The summed E-state index contributed by atoms with van der Waals surface area (Å²) in [6.07, 6.45) is -6.92. The van der Waals surface area contributed by atoms with Gasteiger partial charge in [-0.1, -0.05) is 11.6 Å². The second-order valence-electron chi connectivity index (χ2n) is 10.5. The molecule has 41 heavy (non-hydrogen) atoms. The fraction of sp³-hybridized carbons (Fsp3) is 0.583. The molecule has 11 nitrogen and oxygen atoms in total. The minimum absolute atomic E-state index is 0.00792. The summed E-state index contributed by atoms with van der Waals surface area (Å²) in [6.45, 7) is 4.50. The van der Waals surface area contributed by atoms with Crippen LogP contribution in [-0.4, -0.2) is 74.6 Å². The highest BCUT2D eigenvalue weighted by Gasteiger charge is 2.43. The predicted molar refractivity (Wildman–Crippen MR) is 137 cm³/mol.